The summed E-state index contributed by atoms with van der Waals surface area (Å²) < 4.78 is 0. The summed E-state index contributed by atoms with van der Waals surface area (Å²) >= 11 is 0. The first kappa shape index (κ1) is 30.0. The Labute approximate surface area is 193 Å². The fourth-order valence-electron chi connectivity index (χ4n) is 4.81. The highest BCUT2D eigenvalue weighted by Gasteiger charge is 2.02. The molecule has 0 saturated heterocycles. The lowest BCUT2D eigenvalue weighted by atomic mass is 9.95. The topological polar surface area (TPSA) is 0 Å². The van der Waals surface area contributed by atoms with Gasteiger partial charge in [0.1, 0.15) is 0 Å². The average molecular weight is 423 g/mol. The van der Waals surface area contributed by atoms with Crippen LogP contribution in [0.1, 0.15) is 188 Å². The second-order valence-corrected chi connectivity index (χ2v) is 10.5. The van der Waals surface area contributed by atoms with Crippen molar-refractivity contribution in [3.63, 3.8) is 0 Å². The van der Waals surface area contributed by atoms with Crippen LogP contribution >= 0.6 is 0 Å². The minimum absolute atomic E-state index is 0.969. The molecule has 0 heterocycles. The summed E-state index contributed by atoms with van der Waals surface area (Å²) in [6, 6.07) is 0. The molecule has 182 valence electrons. The molecule has 0 nitrogen and oxygen atoms in total. The Bertz CT molecular complexity index is 282. The quantitative estimate of drug-likeness (QED) is 0.122. The highest BCUT2D eigenvalue weighted by Crippen LogP contribution is 2.19. The minimum Gasteiger partial charge on any atom is -0.0654 e. The van der Waals surface area contributed by atoms with E-state index in [1.807, 2.05) is 0 Å². The predicted molar refractivity (Wildman–Crippen MR) is 141 cm³/mol. The van der Waals surface area contributed by atoms with E-state index >= 15 is 0 Å². The zero-order valence-electron chi connectivity index (χ0n) is 22.0. The van der Waals surface area contributed by atoms with Gasteiger partial charge in [0, 0.05) is 0 Å². The Morgan fingerprint density at radius 1 is 0.300 bits per heavy atom. The van der Waals surface area contributed by atoms with E-state index in [-0.39, 0.29) is 0 Å². The molecule has 0 saturated carbocycles. The Morgan fingerprint density at radius 2 is 0.500 bits per heavy atom. The molecule has 0 aromatic heterocycles. The van der Waals surface area contributed by atoms with Gasteiger partial charge in [-0.15, -0.1) is 0 Å². The van der Waals surface area contributed by atoms with Crippen molar-refractivity contribution in [1.82, 2.24) is 0 Å². The van der Waals surface area contributed by atoms with Crippen molar-refractivity contribution in [2.24, 2.45) is 5.92 Å². The number of hydrogen-bond acceptors (Lipinski definition) is 0. The molecule has 0 aromatic rings. The first-order valence-corrected chi connectivity index (χ1v) is 14.8. The van der Waals surface area contributed by atoms with Crippen LogP contribution in [0, 0.1) is 5.92 Å². The van der Waals surface area contributed by atoms with E-state index in [1.54, 1.807) is 0 Å². The Morgan fingerprint density at radius 3 is 0.733 bits per heavy atom. The average Bonchev–Trinajstić information content (AvgIpc) is 2.75. The summed E-state index contributed by atoms with van der Waals surface area (Å²) in [6.07, 6.45) is 38.3. The van der Waals surface area contributed by atoms with Gasteiger partial charge < -0.3 is 0 Å². The van der Waals surface area contributed by atoms with Crippen molar-refractivity contribution in [2.45, 2.75) is 188 Å². The number of hydrogen-bond donors (Lipinski definition) is 0. The van der Waals surface area contributed by atoms with Crippen LogP contribution < -0.4 is 0 Å². The first-order valence-electron chi connectivity index (χ1n) is 14.8. The van der Waals surface area contributed by atoms with Gasteiger partial charge in [-0.2, -0.15) is 0 Å². The van der Waals surface area contributed by atoms with Gasteiger partial charge in [-0.3, -0.25) is 0 Å². The van der Waals surface area contributed by atoms with Crippen LogP contribution in [0.2, 0.25) is 0 Å². The molecule has 1 unspecified atom stereocenters. The zero-order valence-corrected chi connectivity index (χ0v) is 22.0. The molecule has 0 aromatic carbocycles. The van der Waals surface area contributed by atoms with E-state index < -0.39 is 0 Å². The molecule has 0 bridgehead atoms. The van der Waals surface area contributed by atoms with Crippen LogP contribution in [-0.4, -0.2) is 0 Å². The normalized spacial score (nSPS) is 12.5. The molecule has 0 aliphatic carbocycles. The largest absolute Gasteiger partial charge is 0.0654 e. The predicted octanol–water partition coefficient (Wildman–Crippen LogP) is 11.8. The SMILES string of the molecule is CCCCCCCCCCCCCCCCC(C)CCCCCCCCCCCC. The van der Waals surface area contributed by atoms with Gasteiger partial charge in [0.05, 0.1) is 0 Å². The lowest BCUT2D eigenvalue weighted by molar-refractivity contribution is 0.429. The van der Waals surface area contributed by atoms with E-state index in [9.17, 15) is 0 Å². The third-order valence-corrected chi connectivity index (χ3v) is 7.10. The Kier molecular flexibility index (Phi) is 27.0. The van der Waals surface area contributed by atoms with Gasteiger partial charge in [-0.25, -0.2) is 0 Å². The molecule has 0 spiro atoms. The second kappa shape index (κ2) is 27.0. The van der Waals surface area contributed by atoms with Crippen molar-refractivity contribution >= 4 is 0 Å². The fourth-order valence-corrected chi connectivity index (χ4v) is 4.81. The van der Waals surface area contributed by atoms with Gasteiger partial charge >= 0.3 is 0 Å². The standard InChI is InChI=1S/C30H62/c1-4-6-8-10-12-14-16-17-18-19-21-23-25-27-29-30(3)28-26-24-22-20-15-13-11-9-7-5-2/h30H,4-29H2,1-3H3. The van der Waals surface area contributed by atoms with Crippen LogP contribution in [0.4, 0.5) is 0 Å². The van der Waals surface area contributed by atoms with Crippen LogP contribution in [0.3, 0.4) is 0 Å². The summed E-state index contributed by atoms with van der Waals surface area (Å²) in [5.74, 6) is 0.969. The van der Waals surface area contributed by atoms with E-state index in [1.165, 1.54) is 167 Å². The third kappa shape index (κ3) is 26.0. The molecule has 0 heteroatoms. The zero-order chi connectivity index (χ0) is 22.0. The van der Waals surface area contributed by atoms with Gasteiger partial charge in [-0.05, 0) is 5.92 Å². The monoisotopic (exact) mass is 422 g/mol. The lowest BCUT2D eigenvalue weighted by Crippen LogP contribution is -1.95. The van der Waals surface area contributed by atoms with Crippen LogP contribution in [-0.2, 0) is 0 Å². The fraction of sp³-hybridized carbons (Fsp3) is 1.00. The molecular weight excluding hydrogens is 360 g/mol. The minimum atomic E-state index is 0.969. The van der Waals surface area contributed by atoms with Gasteiger partial charge in [0.15, 0.2) is 0 Å². The van der Waals surface area contributed by atoms with Crippen molar-refractivity contribution in [3.05, 3.63) is 0 Å². The maximum atomic E-state index is 2.50. The highest BCUT2D eigenvalue weighted by atomic mass is 14.1. The summed E-state index contributed by atoms with van der Waals surface area (Å²) in [5, 5.41) is 0. The van der Waals surface area contributed by atoms with Crippen LogP contribution in [0.15, 0.2) is 0 Å². The van der Waals surface area contributed by atoms with Crippen molar-refractivity contribution in [2.75, 3.05) is 0 Å². The molecule has 0 fully saturated rings. The number of unbranched alkanes of at least 4 members (excludes halogenated alkanes) is 22. The molecule has 0 N–H and O–H groups in total. The van der Waals surface area contributed by atoms with E-state index in [2.05, 4.69) is 20.8 Å². The van der Waals surface area contributed by atoms with Gasteiger partial charge in [0.25, 0.3) is 0 Å². The smallest absolute Gasteiger partial charge is 0.0443 e. The molecule has 0 aliphatic rings. The van der Waals surface area contributed by atoms with E-state index in [4.69, 9.17) is 0 Å². The Balaban J connectivity index is 3.12. The summed E-state index contributed by atoms with van der Waals surface area (Å²) in [5.41, 5.74) is 0. The van der Waals surface area contributed by atoms with E-state index in [0.29, 0.717) is 0 Å². The molecule has 0 radical (unpaired) electrons. The molecule has 0 amide bonds. The summed E-state index contributed by atoms with van der Waals surface area (Å²) in [4.78, 5) is 0. The highest BCUT2D eigenvalue weighted by molar-refractivity contribution is 4.56. The second-order valence-electron chi connectivity index (χ2n) is 10.5. The maximum absolute atomic E-state index is 2.50. The first-order chi connectivity index (χ1) is 14.8. The summed E-state index contributed by atoms with van der Waals surface area (Å²) in [6.45, 7) is 7.11. The van der Waals surface area contributed by atoms with Gasteiger partial charge in [0.2, 0.25) is 0 Å². The maximum Gasteiger partial charge on any atom is -0.0443 e. The van der Waals surface area contributed by atoms with Crippen molar-refractivity contribution < 1.29 is 0 Å². The molecular formula is C30H62. The van der Waals surface area contributed by atoms with Crippen LogP contribution in [0.5, 0.6) is 0 Å². The Hall–Kier alpha value is 0. The van der Waals surface area contributed by atoms with Gasteiger partial charge in [-0.1, -0.05) is 188 Å². The molecule has 0 rings (SSSR count). The van der Waals surface area contributed by atoms with Crippen LogP contribution in [0.25, 0.3) is 0 Å². The number of rotatable bonds is 26. The van der Waals surface area contributed by atoms with Crippen molar-refractivity contribution in [3.8, 4) is 0 Å². The van der Waals surface area contributed by atoms with E-state index in [0.717, 1.165) is 5.92 Å². The third-order valence-electron chi connectivity index (χ3n) is 7.10. The summed E-state index contributed by atoms with van der Waals surface area (Å²) in [7, 11) is 0. The van der Waals surface area contributed by atoms with Crippen molar-refractivity contribution in [1.29, 1.82) is 0 Å². The molecule has 30 heavy (non-hydrogen) atoms. The lowest BCUT2D eigenvalue weighted by Gasteiger charge is -2.11. The molecule has 0 aliphatic heterocycles. The molecule has 1 atom stereocenters.